The average Bonchev–Trinajstić information content (AvgIpc) is 3.20. The van der Waals surface area contributed by atoms with E-state index in [-0.39, 0.29) is 0 Å². The fourth-order valence-corrected chi connectivity index (χ4v) is 4.64. The summed E-state index contributed by atoms with van der Waals surface area (Å²) in [6.45, 7) is 2.15. The fraction of sp³-hybridized carbons (Fsp3) is 0.0769. The number of benzene rings is 4. The first-order chi connectivity index (χ1) is 13.7. The van der Waals surface area contributed by atoms with E-state index >= 15 is 0 Å². The van der Waals surface area contributed by atoms with Crippen molar-refractivity contribution in [2.24, 2.45) is 7.05 Å². The molecule has 0 fully saturated rings. The monoisotopic (exact) mass is 360 g/mol. The number of para-hydroxylation sites is 2. The van der Waals surface area contributed by atoms with Gasteiger partial charge < -0.3 is 9.13 Å². The van der Waals surface area contributed by atoms with E-state index in [2.05, 4.69) is 108 Å². The standard InChI is InChI=1S/C26H20N2/c1-17-11-13-21-22-14-12-18(16-26(22)27(2)25(21)15-17)28-23-9-5-3-7-19(23)20-8-4-6-10-24(20)28/h3-16H,1-2H3. The Morgan fingerprint density at radius 2 is 1.07 bits per heavy atom. The molecule has 0 spiro atoms. The summed E-state index contributed by atoms with van der Waals surface area (Å²) < 4.78 is 4.70. The van der Waals surface area contributed by atoms with E-state index in [1.54, 1.807) is 0 Å². The van der Waals surface area contributed by atoms with Gasteiger partial charge in [0.1, 0.15) is 0 Å². The maximum atomic E-state index is 2.38. The highest BCUT2D eigenvalue weighted by atomic mass is 15.0. The summed E-state index contributed by atoms with van der Waals surface area (Å²) in [6.07, 6.45) is 0. The molecule has 0 aliphatic rings. The SMILES string of the molecule is Cc1ccc2c3ccc(-n4c5ccccc5c5ccccc54)cc3n(C)c2c1. The van der Waals surface area contributed by atoms with E-state index in [1.807, 2.05) is 0 Å². The first-order valence-electron chi connectivity index (χ1n) is 9.70. The van der Waals surface area contributed by atoms with Gasteiger partial charge in [0.25, 0.3) is 0 Å². The molecule has 0 saturated heterocycles. The molecule has 2 nitrogen and oxygen atoms in total. The highest BCUT2D eigenvalue weighted by molar-refractivity contribution is 6.11. The molecule has 0 saturated carbocycles. The first kappa shape index (κ1) is 15.5. The number of fused-ring (bicyclic) bond motifs is 6. The van der Waals surface area contributed by atoms with E-state index in [0.29, 0.717) is 0 Å². The highest BCUT2D eigenvalue weighted by Gasteiger charge is 2.14. The van der Waals surface area contributed by atoms with Crippen molar-refractivity contribution >= 4 is 43.6 Å². The summed E-state index contributed by atoms with van der Waals surface area (Å²) in [4.78, 5) is 0. The molecule has 6 aromatic rings. The summed E-state index contributed by atoms with van der Waals surface area (Å²) in [5.74, 6) is 0. The van der Waals surface area contributed by atoms with E-state index in [9.17, 15) is 0 Å². The predicted octanol–water partition coefficient (Wildman–Crippen LogP) is 6.74. The van der Waals surface area contributed by atoms with E-state index in [0.717, 1.165) is 0 Å². The number of hydrogen-bond acceptors (Lipinski definition) is 0. The summed E-state index contributed by atoms with van der Waals surface area (Å²) in [5, 5.41) is 5.22. The van der Waals surface area contributed by atoms with Gasteiger partial charge in [-0.3, -0.25) is 0 Å². The number of rotatable bonds is 1. The van der Waals surface area contributed by atoms with Gasteiger partial charge in [-0.2, -0.15) is 0 Å². The molecular weight excluding hydrogens is 340 g/mol. The van der Waals surface area contributed by atoms with E-state index < -0.39 is 0 Å². The zero-order chi connectivity index (χ0) is 18.8. The van der Waals surface area contributed by atoms with Crippen molar-refractivity contribution in [3.8, 4) is 5.69 Å². The van der Waals surface area contributed by atoms with Crippen LogP contribution in [0.1, 0.15) is 5.56 Å². The normalized spacial score (nSPS) is 11.9. The Bertz CT molecular complexity index is 1480. The maximum absolute atomic E-state index is 2.38. The van der Waals surface area contributed by atoms with Gasteiger partial charge in [0.2, 0.25) is 0 Å². The summed E-state index contributed by atoms with van der Waals surface area (Å²) in [6, 6.07) is 30.9. The molecule has 0 bridgehead atoms. The average molecular weight is 360 g/mol. The topological polar surface area (TPSA) is 9.86 Å². The molecule has 6 rings (SSSR count). The molecule has 28 heavy (non-hydrogen) atoms. The summed E-state index contributed by atoms with van der Waals surface area (Å²) in [5.41, 5.74) is 7.54. The highest BCUT2D eigenvalue weighted by Crippen LogP contribution is 2.35. The predicted molar refractivity (Wildman–Crippen MR) is 120 cm³/mol. The minimum atomic E-state index is 1.20. The van der Waals surface area contributed by atoms with Crippen LogP contribution in [0.5, 0.6) is 0 Å². The third-order valence-corrected chi connectivity index (χ3v) is 5.99. The summed E-state index contributed by atoms with van der Waals surface area (Å²) >= 11 is 0. The van der Waals surface area contributed by atoms with E-state index in [1.165, 1.54) is 54.9 Å². The Hall–Kier alpha value is -3.52. The zero-order valence-electron chi connectivity index (χ0n) is 16.0. The molecule has 0 unspecified atom stereocenters. The third-order valence-electron chi connectivity index (χ3n) is 5.99. The van der Waals surface area contributed by atoms with Crippen molar-refractivity contribution < 1.29 is 0 Å². The van der Waals surface area contributed by atoms with Crippen LogP contribution in [0, 0.1) is 6.92 Å². The van der Waals surface area contributed by atoms with Crippen LogP contribution < -0.4 is 0 Å². The Morgan fingerprint density at radius 1 is 0.536 bits per heavy atom. The van der Waals surface area contributed by atoms with Gasteiger partial charge in [0.15, 0.2) is 0 Å². The third kappa shape index (κ3) is 1.97. The minimum Gasteiger partial charge on any atom is -0.344 e. The molecule has 0 aliphatic heterocycles. The fourth-order valence-electron chi connectivity index (χ4n) is 4.64. The zero-order valence-corrected chi connectivity index (χ0v) is 16.0. The van der Waals surface area contributed by atoms with Crippen molar-refractivity contribution in [3.05, 3.63) is 90.5 Å². The molecule has 0 atom stereocenters. The molecule has 134 valence electrons. The van der Waals surface area contributed by atoms with E-state index in [4.69, 9.17) is 0 Å². The lowest BCUT2D eigenvalue weighted by Gasteiger charge is -2.09. The number of hydrogen-bond donors (Lipinski definition) is 0. The van der Waals surface area contributed by atoms with Crippen molar-refractivity contribution in [1.29, 1.82) is 0 Å². The molecule has 4 aromatic carbocycles. The number of nitrogens with zero attached hydrogens (tertiary/aromatic N) is 2. The maximum Gasteiger partial charge on any atom is 0.0541 e. The van der Waals surface area contributed by atoms with Gasteiger partial charge in [-0.05, 0) is 42.8 Å². The second-order valence-electron chi connectivity index (χ2n) is 7.65. The summed E-state index contributed by atoms with van der Waals surface area (Å²) in [7, 11) is 2.17. The Kier molecular flexibility index (Phi) is 3.05. The van der Waals surface area contributed by atoms with Gasteiger partial charge in [-0.1, -0.05) is 54.6 Å². The lowest BCUT2D eigenvalue weighted by molar-refractivity contribution is 1.01. The second-order valence-corrected chi connectivity index (χ2v) is 7.65. The number of aromatic nitrogens is 2. The van der Waals surface area contributed by atoms with Crippen molar-refractivity contribution in [3.63, 3.8) is 0 Å². The Balaban J connectivity index is 1.73. The minimum absolute atomic E-state index is 1.20. The van der Waals surface area contributed by atoms with Gasteiger partial charge in [-0.15, -0.1) is 0 Å². The van der Waals surface area contributed by atoms with Crippen LogP contribution in [0.4, 0.5) is 0 Å². The number of aryl methyl sites for hydroxylation is 2. The largest absolute Gasteiger partial charge is 0.344 e. The van der Waals surface area contributed by atoms with Crippen molar-refractivity contribution in [2.45, 2.75) is 6.92 Å². The molecule has 2 aromatic heterocycles. The lowest BCUT2D eigenvalue weighted by atomic mass is 10.1. The lowest BCUT2D eigenvalue weighted by Crippen LogP contribution is -1.94. The van der Waals surface area contributed by atoms with Crippen LogP contribution in [0.25, 0.3) is 49.3 Å². The molecule has 0 amide bonds. The molecule has 0 N–H and O–H groups in total. The quantitative estimate of drug-likeness (QED) is 0.307. The van der Waals surface area contributed by atoms with Gasteiger partial charge in [-0.25, -0.2) is 0 Å². The smallest absolute Gasteiger partial charge is 0.0541 e. The Morgan fingerprint density at radius 3 is 1.75 bits per heavy atom. The van der Waals surface area contributed by atoms with Crippen LogP contribution in [0.3, 0.4) is 0 Å². The molecule has 2 heterocycles. The van der Waals surface area contributed by atoms with Crippen LogP contribution in [0.2, 0.25) is 0 Å². The van der Waals surface area contributed by atoms with Gasteiger partial charge >= 0.3 is 0 Å². The van der Waals surface area contributed by atoms with Crippen LogP contribution in [0.15, 0.2) is 84.9 Å². The molecule has 0 aliphatic carbocycles. The second kappa shape index (κ2) is 5.49. The van der Waals surface area contributed by atoms with Crippen LogP contribution in [-0.4, -0.2) is 9.13 Å². The van der Waals surface area contributed by atoms with Crippen LogP contribution in [-0.2, 0) is 7.05 Å². The van der Waals surface area contributed by atoms with Gasteiger partial charge in [0.05, 0.1) is 16.6 Å². The van der Waals surface area contributed by atoms with Crippen molar-refractivity contribution in [2.75, 3.05) is 0 Å². The van der Waals surface area contributed by atoms with Crippen LogP contribution >= 0.6 is 0 Å². The Labute approximate surface area is 163 Å². The first-order valence-corrected chi connectivity index (χ1v) is 9.70. The van der Waals surface area contributed by atoms with Crippen molar-refractivity contribution in [1.82, 2.24) is 9.13 Å². The molecule has 0 radical (unpaired) electrons. The van der Waals surface area contributed by atoms with Gasteiger partial charge in [0, 0.05) is 39.8 Å². The molecular formula is C26H20N2. The molecule has 2 heteroatoms.